The van der Waals surface area contributed by atoms with Crippen LogP contribution in [0.3, 0.4) is 0 Å². The maximum Gasteiger partial charge on any atom is 0.269 e. The van der Waals surface area contributed by atoms with E-state index in [1.807, 2.05) is 73.7 Å². The number of hydrogen-bond donors (Lipinski definition) is 1. The molecule has 1 N–H and O–H groups in total. The second-order valence-electron chi connectivity index (χ2n) is 13.6. The Morgan fingerprint density at radius 1 is 0.576 bits per heavy atom. The van der Waals surface area contributed by atoms with Gasteiger partial charge in [-0.1, -0.05) is 193 Å². The summed E-state index contributed by atoms with van der Waals surface area (Å²) in [6.07, 6.45) is 2.67. The smallest absolute Gasteiger partial charge is 0.269 e. The Hall–Kier alpha value is -4.61. The van der Waals surface area contributed by atoms with Gasteiger partial charge in [-0.25, -0.2) is 0 Å². The summed E-state index contributed by atoms with van der Waals surface area (Å²) < 4.78 is 16.7. The molecule has 7 nitrogen and oxygen atoms in total. The molecule has 1 fully saturated rings. The monoisotopic (exact) mass is 1030 g/mol. The van der Waals surface area contributed by atoms with Gasteiger partial charge in [-0.15, -0.1) is 0 Å². The number of aromatic nitrogens is 3. The highest BCUT2D eigenvalue weighted by atomic mass is 35.5. The van der Waals surface area contributed by atoms with Crippen molar-refractivity contribution < 1.29 is 13.5 Å². The lowest BCUT2D eigenvalue weighted by Crippen LogP contribution is -2.12. The molecule has 1 aliphatic rings. The number of nitrogens with zero attached hydrogens (tertiary/aromatic N) is 3. The molecule has 0 bridgehead atoms. The Morgan fingerprint density at radius 3 is 1.44 bits per heavy atom. The summed E-state index contributed by atoms with van der Waals surface area (Å²) in [5.41, 5.74) is 5.77. The number of rotatable bonds is 9. The predicted octanol–water partition coefficient (Wildman–Crippen LogP) is 16.2. The number of halogens is 5. The number of hydrogen-bond acceptors (Lipinski definition) is 8. The van der Waals surface area contributed by atoms with Crippen LogP contribution in [0.1, 0.15) is 19.8 Å². The molecule has 15 heteroatoms. The fourth-order valence-electron chi connectivity index (χ4n) is 5.72. The van der Waals surface area contributed by atoms with E-state index in [1.54, 1.807) is 30.3 Å². The van der Waals surface area contributed by atoms with Gasteiger partial charge in [0, 0.05) is 16.9 Å². The first-order valence-electron chi connectivity index (χ1n) is 20.7. The van der Waals surface area contributed by atoms with Gasteiger partial charge in [0.05, 0.1) is 22.3 Å². The summed E-state index contributed by atoms with van der Waals surface area (Å²) in [5, 5.41) is 5.30. The minimum atomic E-state index is -2.63. The lowest BCUT2D eigenvalue weighted by atomic mass is 10.1. The Bertz CT molecular complexity index is 2490. The fraction of sp³-hybridized carbons (Fsp3) is 0.118. The summed E-state index contributed by atoms with van der Waals surface area (Å²) in [5.74, 6) is 0.731. The largest absolute Gasteiger partial charge is 0.439 e. The van der Waals surface area contributed by atoms with Crippen molar-refractivity contribution in [2.45, 2.75) is 25.8 Å². The predicted molar refractivity (Wildman–Crippen MR) is 283 cm³/mol. The first kappa shape index (κ1) is 52.4. The number of anilines is 2. The number of nitrogens with one attached hydrogen (secondary N) is 1. The summed E-state index contributed by atoms with van der Waals surface area (Å²) >= 11 is 34.9. The minimum Gasteiger partial charge on any atom is -0.439 e. The molecule has 1 aliphatic heterocycles. The molecule has 1 aromatic heterocycles. The molecule has 1 saturated heterocycles. The van der Waals surface area contributed by atoms with Crippen molar-refractivity contribution in [3.63, 3.8) is 0 Å². The minimum absolute atomic E-state index is 0.0227. The van der Waals surface area contributed by atoms with Crippen LogP contribution in [-0.4, -0.2) is 37.9 Å². The lowest BCUT2D eigenvalue weighted by Gasteiger charge is -2.23. The molecule has 2 radical (unpaired) electrons. The second kappa shape index (κ2) is 29.2. The zero-order valence-corrected chi connectivity index (χ0v) is 42.3. The summed E-state index contributed by atoms with van der Waals surface area (Å²) in [7, 11) is 0.802. The van der Waals surface area contributed by atoms with Gasteiger partial charge in [-0.05, 0) is 119 Å². The van der Waals surface area contributed by atoms with E-state index in [2.05, 4.69) is 117 Å². The van der Waals surface area contributed by atoms with Gasteiger partial charge in [-0.3, -0.25) is 0 Å². The van der Waals surface area contributed by atoms with Crippen LogP contribution in [0.5, 0.6) is 5.75 Å². The van der Waals surface area contributed by atoms with E-state index in [1.165, 1.54) is 41.1 Å². The Labute approximate surface area is 420 Å². The van der Waals surface area contributed by atoms with Crippen molar-refractivity contribution in [1.29, 1.82) is 0 Å². The molecule has 0 amide bonds. The molecular weight excluding hydrogens is 985 g/mol. The third-order valence-corrected chi connectivity index (χ3v) is 14.1. The third-order valence-electron chi connectivity index (χ3n) is 8.82. The van der Waals surface area contributed by atoms with Crippen LogP contribution in [0.2, 0.25) is 31.7 Å². The highest BCUT2D eigenvalue weighted by Crippen LogP contribution is 2.49. The average molecular weight is 1030 g/mol. The molecule has 0 aliphatic carbocycles. The SMILES string of the molecule is C1CC[Si]OC1.CCOP(=S)(Oc1ccc(Cl)cc1Cl)c1ccccc1.Clc1nc(Cl)nc(Nc2ccccc2Cl)n1.c1ccc(-c2ccccc2)cc1.c1ccc(-c2ccccc2)cc1. The van der Waals surface area contributed by atoms with Crippen LogP contribution in [0.15, 0.2) is 194 Å². The molecule has 0 spiro atoms. The first-order chi connectivity index (χ1) is 32.1. The van der Waals surface area contributed by atoms with Gasteiger partial charge in [0.15, 0.2) is 0 Å². The molecule has 2 heterocycles. The fourth-order valence-corrected chi connectivity index (χ4v) is 10.1. The van der Waals surface area contributed by atoms with E-state index in [0.29, 0.717) is 33.1 Å². The normalized spacial score (nSPS) is 12.3. The van der Waals surface area contributed by atoms with E-state index in [4.69, 9.17) is 83.3 Å². The summed E-state index contributed by atoms with van der Waals surface area (Å²) in [6, 6.07) is 64.6. The molecule has 1 unspecified atom stereocenters. The lowest BCUT2D eigenvalue weighted by molar-refractivity contribution is 0.304. The Kier molecular flexibility index (Phi) is 23.2. The molecule has 338 valence electrons. The van der Waals surface area contributed by atoms with Crippen molar-refractivity contribution in [2.75, 3.05) is 18.5 Å². The van der Waals surface area contributed by atoms with E-state index < -0.39 is 6.49 Å². The van der Waals surface area contributed by atoms with E-state index in [9.17, 15) is 0 Å². The Morgan fingerprint density at radius 2 is 1.05 bits per heavy atom. The number of benzene rings is 7. The number of para-hydroxylation sites is 1. The van der Waals surface area contributed by atoms with Gasteiger partial charge < -0.3 is 18.8 Å². The maximum absolute atomic E-state index is 6.13. The van der Waals surface area contributed by atoms with Crippen molar-refractivity contribution in [1.82, 2.24) is 15.0 Å². The molecule has 1 atom stereocenters. The first-order valence-corrected chi connectivity index (χ1v) is 26.4. The van der Waals surface area contributed by atoms with E-state index in [0.717, 1.165) is 21.7 Å². The van der Waals surface area contributed by atoms with Crippen LogP contribution in [0.4, 0.5) is 11.6 Å². The third kappa shape index (κ3) is 18.6. The topological polar surface area (TPSA) is 78.4 Å². The molecule has 8 aromatic rings. The highest BCUT2D eigenvalue weighted by molar-refractivity contribution is 8.13. The van der Waals surface area contributed by atoms with E-state index in [-0.39, 0.29) is 16.5 Å². The van der Waals surface area contributed by atoms with Crippen LogP contribution in [0.25, 0.3) is 22.3 Å². The van der Waals surface area contributed by atoms with Gasteiger partial charge in [0.1, 0.15) is 5.75 Å². The molecular formula is C51H46Cl5N4O3PSSi. The van der Waals surface area contributed by atoms with Gasteiger partial charge in [0.25, 0.3) is 6.49 Å². The standard InChI is InChI=1S/C14H13Cl2O2PS.2C12H10.C9H5Cl3N4.C4H8OSi/c1-2-17-19(20,12-6-4-3-5-7-12)18-14-9-8-11(15)10-13(14)16;2*1-3-7-11(8-4-1)12-9-5-2-6-10-12;10-5-3-1-2-4-6(5)13-9-15-7(11)14-8(12)16-9;1-2-4-6-5-3-1/h3-10H,2H2,1H3;2*1-10H;1-4H,(H,13,14,15,16);1-4H2. The summed E-state index contributed by atoms with van der Waals surface area (Å²) in [6.45, 7) is 0.738. The summed E-state index contributed by atoms with van der Waals surface area (Å²) in [4.78, 5) is 11.4. The zero-order chi connectivity index (χ0) is 46.8. The molecule has 0 saturated carbocycles. The van der Waals surface area contributed by atoms with Crippen LogP contribution in [-0.2, 0) is 20.8 Å². The second-order valence-corrected chi connectivity index (χ2v) is 20.0. The van der Waals surface area contributed by atoms with E-state index >= 15 is 0 Å². The highest BCUT2D eigenvalue weighted by Gasteiger charge is 2.24. The van der Waals surface area contributed by atoms with Crippen LogP contribution in [0, 0.1) is 0 Å². The quantitative estimate of drug-likeness (QED) is 0.113. The van der Waals surface area contributed by atoms with Crippen molar-refractivity contribution in [3.05, 3.63) is 220 Å². The van der Waals surface area contributed by atoms with Crippen LogP contribution >= 0.6 is 64.5 Å². The van der Waals surface area contributed by atoms with Crippen LogP contribution < -0.4 is 15.1 Å². The van der Waals surface area contributed by atoms with Crippen molar-refractivity contribution in [3.8, 4) is 28.0 Å². The maximum atomic E-state index is 6.13. The Balaban J connectivity index is 0.000000161. The molecule has 9 rings (SSSR count). The molecule has 7 aromatic carbocycles. The molecule has 66 heavy (non-hydrogen) atoms. The van der Waals surface area contributed by atoms with Gasteiger partial charge in [0.2, 0.25) is 26.3 Å². The van der Waals surface area contributed by atoms with Crippen molar-refractivity contribution >= 4 is 103 Å². The van der Waals surface area contributed by atoms with Gasteiger partial charge >= 0.3 is 0 Å². The van der Waals surface area contributed by atoms with Crippen molar-refractivity contribution in [2.24, 2.45) is 0 Å². The zero-order valence-electron chi connectivity index (χ0n) is 35.8. The average Bonchev–Trinajstić information content (AvgIpc) is 3.36. The van der Waals surface area contributed by atoms with Gasteiger partial charge in [-0.2, -0.15) is 15.0 Å².